The Morgan fingerprint density at radius 2 is 1.87 bits per heavy atom. The van der Waals surface area contributed by atoms with Gasteiger partial charge in [0.1, 0.15) is 6.29 Å². The molecule has 0 aliphatic carbocycles. The van der Waals surface area contributed by atoms with Crippen molar-refractivity contribution in [2.75, 3.05) is 12.4 Å². The van der Waals surface area contributed by atoms with E-state index in [4.69, 9.17) is 0 Å². The van der Waals surface area contributed by atoms with E-state index in [1.54, 1.807) is 24.3 Å². The largest absolute Gasteiger partial charge is 0.333 e. The maximum absolute atomic E-state index is 10.8. The Balaban J connectivity index is 0.000000921. The molecule has 4 heteroatoms. The molecule has 15 heavy (non-hydrogen) atoms. The van der Waals surface area contributed by atoms with E-state index in [0.29, 0.717) is 11.3 Å². The SMILES string of the molecule is C=CC(=O)Nc1ccc(C=O)cc1.CN. The maximum atomic E-state index is 10.8. The van der Waals surface area contributed by atoms with Crippen LogP contribution in [0.25, 0.3) is 0 Å². The molecule has 3 N–H and O–H groups in total. The third-order valence-electron chi connectivity index (χ3n) is 1.50. The molecule has 0 spiro atoms. The normalized spacial score (nSPS) is 8.13. The first-order valence-electron chi connectivity index (χ1n) is 4.32. The van der Waals surface area contributed by atoms with Crippen LogP contribution >= 0.6 is 0 Å². The molecule has 4 nitrogen and oxygen atoms in total. The summed E-state index contributed by atoms with van der Waals surface area (Å²) >= 11 is 0. The number of carbonyl (C=O) groups is 2. The van der Waals surface area contributed by atoms with Crippen LogP contribution in [0, 0.1) is 0 Å². The van der Waals surface area contributed by atoms with Gasteiger partial charge < -0.3 is 11.1 Å². The van der Waals surface area contributed by atoms with Crippen LogP contribution in [0.3, 0.4) is 0 Å². The number of nitrogens with one attached hydrogen (secondary N) is 1. The zero-order valence-corrected chi connectivity index (χ0v) is 8.57. The van der Waals surface area contributed by atoms with E-state index in [1.165, 1.54) is 13.1 Å². The van der Waals surface area contributed by atoms with E-state index in [9.17, 15) is 9.59 Å². The van der Waals surface area contributed by atoms with Crippen LogP contribution in [0.4, 0.5) is 5.69 Å². The van der Waals surface area contributed by atoms with Gasteiger partial charge >= 0.3 is 0 Å². The quantitative estimate of drug-likeness (QED) is 0.576. The van der Waals surface area contributed by atoms with Crippen molar-refractivity contribution in [3.05, 3.63) is 42.5 Å². The molecule has 0 atom stereocenters. The molecule has 0 heterocycles. The number of aldehydes is 1. The topological polar surface area (TPSA) is 72.2 Å². The van der Waals surface area contributed by atoms with E-state index in [1.807, 2.05) is 0 Å². The molecule has 0 aromatic heterocycles. The number of rotatable bonds is 3. The summed E-state index contributed by atoms with van der Waals surface area (Å²) < 4.78 is 0. The van der Waals surface area contributed by atoms with Crippen LogP contribution in [-0.4, -0.2) is 19.2 Å². The van der Waals surface area contributed by atoms with E-state index in [0.717, 1.165) is 6.29 Å². The Labute approximate surface area is 88.8 Å². The predicted octanol–water partition coefficient (Wildman–Crippen LogP) is 1.20. The van der Waals surface area contributed by atoms with E-state index in [2.05, 4.69) is 17.6 Å². The minimum Gasteiger partial charge on any atom is -0.333 e. The zero-order chi connectivity index (χ0) is 11.7. The fourth-order valence-corrected chi connectivity index (χ4v) is 0.838. The molecule has 0 radical (unpaired) electrons. The third-order valence-corrected chi connectivity index (χ3v) is 1.50. The summed E-state index contributed by atoms with van der Waals surface area (Å²) in [5, 5.41) is 2.57. The first-order chi connectivity index (χ1) is 7.26. The van der Waals surface area contributed by atoms with Crippen molar-refractivity contribution >= 4 is 17.9 Å². The molecule has 0 aliphatic rings. The van der Waals surface area contributed by atoms with Gasteiger partial charge in [0, 0.05) is 11.3 Å². The fraction of sp³-hybridized carbons (Fsp3) is 0.0909. The van der Waals surface area contributed by atoms with Gasteiger partial charge in [-0.25, -0.2) is 0 Å². The van der Waals surface area contributed by atoms with E-state index in [-0.39, 0.29) is 5.91 Å². The molecule has 0 fully saturated rings. The van der Waals surface area contributed by atoms with Gasteiger partial charge in [0.2, 0.25) is 5.91 Å². The van der Waals surface area contributed by atoms with Crippen molar-refractivity contribution in [2.45, 2.75) is 0 Å². The standard InChI is InChI=1S/C10H9NO2.CH5N/c1-2-10(13)11-9-5-3-8(7-12)4-6-9;1-2/h2-7H,1H2,(H,11,13);2H2,1H3. The monoisotopic (exact) mass is 206 g/mol. The van der Waals surface area contributed by atoms with E-state index < -0.39 is 0 Å². The predicted molar refractivity (Wildman–Crippen MR) is 60.8 cm³/mol. The van der Waals surface area contributed by atoms with Crippen LogP contribution in [0.2, 0.25) is 0 Å². The summed E-state index contributed by atoms with van der Waals surface area (Å²) in [6.45, 7) is 3.32. The lowest BCUT2D eigenvalue weighted by molar-refractivity contribution is -0.111. The molecule has 1 rings (SSSR count). The van der Waals surface area contributed by atoms with Gasteiger partial charge in [-0.05, 0) is 37.4 Å². The van der Waals surface area contributed by atoms with Crippen molar-refractivity contribution < 1.29 is 9.59 Å². The summed E-state index contributed by atoms with van der Waals surface area (Å²) in [5.41, 5.74) is 5.73. The van der Waals surface area contributed by atoms with Gasteiger partial charge in [-0.1, -0.05) is 6.58 Å². The number of hydrogen-bond acceptors (Lipinski definition) is 3. The minimum absolute atomic E-state index is 0.265. The fourth-order valence-electron chi connectivity index (χ4n) is 0.838. The highest BCUT2D eigenvalue weighted by Crippen LogP contribution is 2.07. The second-order valence-electron chi connectivity index (χ2n) is 2.43. The lowest BCUT2D eigenvalue weighted by atomic mass is 10.2. The Kier molecular flexibility index (Phi) is 6.50. The summed E-state index contributed by atoms with van der Waals surface area (Å²) in [7, 11) is 1.50. The van der Waals surface area contributed by atoms with Crippen LogP contribution in [0.5, 0.6) is 0 Å². The molecular weight excluding hydrogens is 192 g/mol. The smallest absolute Gasteiger partial charge is 0.247 e. The maximum Gasteiger partial charge on any atom is 0.247 e. The summed E-state index contributed by atoms with van der Waals surface area (Å²) in [5.74, 6) is -0.265. The first-order valence-corrected chi connectivity index (χ1v) is 4.32. The Bertz CT molecular complexity index is 331. The molecule has 0 saturated heterocycles. The number of carbonyl (C=O) groups excluding carboxylic acids is 2. The molecule has 1 amide bonds. The number of nitrogens with two attached hydrogens (primary N) is 1. The molecule has 80 valence electrons. The lowest BCUT2D eigenvalue weighted by Crippen LogP contribution is -2.06. The Morgan fingerprint density at radius 3 is 2.27 bits per heavy atom. The molecule has 0 aliphatic heterocycles. The summed E-state index contributed by atoms with van der Waals surface area (Å²) in [6, 6.07) is 6.58. The second kappa shape index (κ2) is 7.46. The highest BCUT2D eigenvalue weighted by atomic mass is 16.1. The highest BCUT2D eigenvalue weighted by molar-refractivity contribution is 5.99. The molecule has 0 bridgehead atoms. The van der Waals surface area contributed by atoms with Gasteiger partial charge in [-0.2, -0.15) is 0 Å². The third kappa shape index (κ3) is 4.73. The van der Waals surface area contributed by atoms with Crippen LogP contribution in [0.1, 0.15) is 10.4 Å². The zero-order valence-electron chi connectivity index (χ0n) is 8.57. The molecule has 0 unspecified atom stereocenters. The Hall–Kier alpha value is -1.94. The average molecular weight is 206 g/mol. The van der Waals surface area contributed by atoms with Gasteiger partial charge in [0.25, 0.3) is 0 Å². The van der Waals surface area contributed by atoms with Gasteiger partial charge in [0.15, 0.2) is 0 Å². The van der Waals surface area contributed by atoms with Crippen LogP contribution < -0.4 is 11.1 Å². The second-order valence-corrected chi connectivity index (χ2v) is 2.43. The average Bonchev–Trinajstić information content (AvgIpc) is 2.32. The van der Waals surface area contributed by atoms with Crippen molar-refractivity contribution in [3.63, 3.8) is 0 Å². The number of hydrogen-bond donors (Lipinski definition) is 2. The number of anilines is 1. The van der Waals surface area contributed by atoms with Gasteiger partial charge in [-0.3, -0.25) is 9.59 Å². The number of amides is 1. The van der Waals surface area contributed by atoms with Gasteiger partial charge in [-0.15, -0.1) is 0 Å². The minimum atomic E-state index is -0.265. The molecular formula is C11H14N2O2. The lowest BCUT2D eigenvalue weighted by Gasteiger charge is -2.00. The highest BCUT2D eigenvalue weighted by Gasteiger charge is 1.95. The van der Waals surface area contributed by atoms with Crippen molar-refractivity contribution in [1.29, 1.82) is 0 Å². The number of benzene rings is 1. The molecule has 1 aromatic carbocycles. The van der Waals surface area contributed by atoms with Crippen molar-refractivity contribution in [1.82, 2.24) is 0 Å². The van der Waals surface area contributed by atoms with Crippen molar-refractivity contribution in [2.24, 2.45) is 5.73 Å². The summed E-state index contributed by atoms with van der Waals surface area (Å²) in [6.07, 6.45) is 1.94. The molecule has 1 aromatic rings. The molecule has 0 saturated carbocycles. The first kappa shape index (κ1) is 13.1. The van der Waals surface area contributed by atoms with Gasteiger partial charge in [0.05, 0.1) is 0 Å². The van der Waals surface area contributed by atoms with Crippen LogP contribution in [-0.2, 0) is 4.79 Å². The van der Waals surface area contributed by atoms with Crippen LogP contribution in [0.15, 0.2) is 36.9 Å². The van der Waals surface area contributed by atoms with E-state index >= 15 is 0 Å². The van der Waals surface area contributed by atoms with Crippen molar-refractivity contribution in [3.8, 4) is 0 Å². The Morgan fingerprint density at radius 1 is 1.33 bits per heavy atom. The summed E-state index contributed by atoms with van der Waals surface area (Å²) in [4.78, 5) is 21.1.